The summed E-state index contributed by atoms with van der Waals surface area (Å²) in [6.07, 6.45) is -7.17. The molecule has 0 N–H and O–H groups in total. The van der Waals surface area contributed by atoms with Crippen molar-refractivity contribution in [2.24, 2.45) is 0 Å². The van der Waals surface area contributed by atoms with Crippen LogP contribution in [0, 0.1) is 6.92 Å². The first-order valence-corrected chi connectivity index (χ1v) is 9.89. The van der Waals surface area contributed by atoms with Crippen molar-refractivity contribution in [2.45, 2.75) is 79.2 Å². The van der Waals surface area contributed by atoms with Gasteiger partial charge in [-0.25, -0.2) is 0 Å². The first-order valence-electron chi connectivity index (χ1n) is 9.89. The van der Waals surface area contributed by atoms with Gasteiger partial charge in [0.05, 0.1) is 0 Å². The molecule has 0 aliphatic rings. The molecule has 0 aliphatic heterocycles. The van der Waals surface area contributed by atoms with Gasteiger partial charge >= 0.3 is 65.3 Å². The fourth-order valence-corrected chi connectivity index (χ4v) is 2.66. The van der Waals surface area contributed by atoms with Crippen molar-refractivity contribution in [3.8, 4) is 5.75 Å². The van der Waals surface area contributed by atoms with Crippen LogP contribution in [0.3, 0.4) is 0 Å². The Kier molecular flexibility index (Phi) is 8.70. The number of benzene rings is 1. The molecule has 23 heteroatoms. The summed E-state index contributed by atoms with van der Waals surface area (Å²) in [4.78, 5) is 0. The molecule has 0 aliphatic carbocycles. The van der Waals surface area contributed by atoms with Crippen molar-refractivity contribution >= 4 is 0 Å². The minimum atomic E-state index is -9.30. The van der Waals surface area contributed by atoms with Crippen LogP contribution in [0.2, 0.25) is 0 Å². The first kappa shape index (κ1) is 37.5. The predicted octanol–water partition coefficient (Wildman–Crippen LogP) is 9.34. The summed E-state index contributed by atoms with van der Waals surface area (Å²) in [6.45, 7) is -0.255. The van der Waals surface area contributed by atoms with Crippen LogP contribution in [0.5, 0.6) is 5.75 Å². The summed E-state index contributed by atoms with van der Waals surface area (Å²) in [5, 5.41) is 0. The van der Waals surface area contributed by atoms with Crippen molar-refractivity contribution in [1.29, 1.82) is 0 Å². The van der Waals surface area contributed by atoms with E-state index >= 15 is 0 Å². The molecular weight excluding hydrogens is 662 g/mol. The van der Waals surface area contributed by atoms with Crippen LogP contribution in [0.1, 0.15) is 12.5 Å². The number of hydrogen-bond acceptors (Lipinski definition) is 1. The Bertz CT molecular complexity index is 1110. The van der Waals surface area contributed by atoms with Gasteiger partial charge in [-0.05, 0) is 19.1 Å². The van der Waals surface area contributed by atoms with Gasteiger partial charge in [0.25, 0.3) is 0 Å². The van der Waals surface area contributed by atoms with E-state index in [2.05, 4.69) is 4.74 Å². The minimum Gasteiger partial charge on any atom is -0.428 e. The standard InChI is InChI=1S/C19H10F22O/c1-7-3-5-8(6-4-7)42-19(40,41)18(38,39)17(36,37)16(34,35)15(32,33)14(30,31)13(28,29)12(26,27)11(24,25)10(22,23)9(2,20)21/h3-6H,1-2H3. The van der Waals surface area contributed by atoms with Crippen LogP contribution < -0.4 is 4.74 Å². The van der Waals surface area contributed by atoms with E-state index < -0.39 is 78.0 Å². The molecule has 0 saturated carbocycles. The van der Waals surface area contributed by atoms with E-state index in [4.69, 9.17) is 0 Å². The molecule has 0 fully saturated rings. The highest BCUT2D eigenvalue weighted by Gasteiger charge is 2.98. The summed E-state index contributed by atoms with van der Waals surface area (Å²) in [5.74, 6) is -87.6. The van der Waals surface area contributed by atoms with Gasteiger partial charge in [0.2, 0.25) is 0 Å². The Balaban J connectivity index is 3.77. The van der Waals surface area contributed by atoms with Gasteiger partial charge in [0, 0.05) is 6.92 Å². The average Bonchev–Trinajstić information content (AvgIpc) is 2.78. The first-order chi connectivity index (χ1) is 18.0. The summed E-state index contributed by atoms with van der Waals surface area (Å²) in [6, 6.07) is 1.86. The number of aryl methyl sites for hydroxylation is 1. The molecular formula is C19H10F22O. The second kappa shape index (κ2) is 9.74. The lowest BCUT2D eigenvalue weighted by molar-refractivity contribution is -0.480. The zero-order chi connectivity index (χ0) is 34.2. The third-order valence-corrected chi connectivity index (χ3v) is 5.34. The number of alkyl halides is 22. The Labute approximate surface area is 217 Å². The third-order valence-electron chi connectivity index (χ3n) is 5.34. The third kappa shape index (κ3) is 4.75. The van der Waals surface area contributed by atoms with Crippen molar-refractivity contribution in [3.05, 3.63) is 29.8 Å². The summed E-state index contributed by atoms with van der Waals surface area (Å²) in [7, 11) is 0. The van der Waals surface area contributed by atoms with Crippen molar-refractivity contribution in [1.82, 2.24) is 0 Å². The van der Waals surface area contributed by atoms with E-state index in [-0.39, 0.29) is 17.7 Å². The highest BCUT2D eigenvalue weighted by atomic mass is 19.4. The summed E-state index contributed by atoms with van der Waals surface area (Å²) in [5.41, 5.74) is 0.0971. The predicted molar refractivity (Wildman–Crippen MR) is 91.9 cm³/mol. The van der Waals surface area contributed by atoms with Crippen molar-refractivity contribution < 1.29 is 101 Å². The molecule has 0 heterocycles. The maximum atomic E-state index is 13.9. The Morgan fingerprint density at radius 1 is 0.381 bits per heavy atom. The van der Waals surface area contributed by atoms with Gasteiger partial charge in [-0.3, -0.25) is 0 Å². The monoisotopic (exact) mass is 672 g/mol. The van der Waals surface area contributed by atoms with E-state index in [0.717, 1.165) is 0 Å². The molecule has 0 aromatic heterocycles. The molecule has 42 heavy (non-hydrogen) atoms. The van der Waals surface area contributed by atoms with Crippen molar-refractivity contribution in [2.75, 3.05) is 0 Å². The van der Waals surface area contributed by atoms with Crippen LogP contribution in [0.25, 0.3) is 0 Å². The lowest BCUT2D eigenvalue weighted by Gasteiger charge is -2.45. The number of hydrogen-bond donors (Lipinski definition) is 0. The Hall–Kier alpha value is -2.52. The van der Waals surface area contributed by atoms with E-state index in [1.165, 1.54) is 6.92 Å². The fraction of sp³-hybridized carbons (Fsp3) is 0.684. The van der Waals surface area contributed by atoms with Gasteiger partial charge in [0.15, 0.2) is 0 Å². The zero-order valence-electron chi connectivity index (χ0n) is 19.5. The maximum Gasteiger partial charge on any atom is 0.471 e. The molecule has 0 unspecified atom stereocenters. The van der Waals surface area contributed by atoms with Crippen LogP contribution in [0.15, 0.2) is 24.3 Å². The van der Waals surface area contributed by atoms with E-state index in [9.17, 15) is 96.6 Å². The van der Waals surface area contributed by atoms with Gasteiger partial charge in [-0.1, -0.05) is 17.7 Å². The number of rotatable bonds is 12. The molecule has 0 radical (unpaired) electrons. The molecule has 0 atom stereocenters. The molecule has 0 amide bonds. The lowest BCUT2D eigenvalue weighted by Crippen LogP contribution is -2.77. The average molecular weight is 672 g/mol. The SMILES string of the molecule is Cc1ccc(OC(F)(F)C(F)(F)C(F)(F)C(F)(F)C(F)(F)C(F)(F)C(F)(F)C(F)(F)C(F)(F)C(F)(F)C(C)(F)F)cc1. The van der Waals surface area contributed by atoms with Gasteiger partial charge in [-0.2, -0.15) is 96.6 Å². The fourth-order valence-electron chi connectivity index (χ4n) is 2.66. The quantitative estimate of drug-likeness (QED) is 0.201. The van der Waals surface area contributed by atoms with Crippen LogP contribution in [-0.2, 0) is 0 Å². The topological polar surface area (TPSA) is 9.23 Å². The molecule has 1 nitrogen and oxygen atoms in total. The highest BCUT2D eigenvalue weighted by Crippen LogP contribution is 2.67. The van der Waals surface area contributed by atoms with Gasteiger partial charge < -0.3 is 4.74 Å². The zero-order valence-corrected chi connectivity index (χ0v) is 19.5. The lowest BCUT2D eigenvalue weighted by atomic mass is 9.85. The second-order valence-electron chi connectivity index (χ2n) is 8.49. The molecule has 246 valence electrons. The van der Waals surface area contributed by atoms with Gasteiger partial charge in [-0.15, -0.1) is 0 Å². The second-order valence-corrected chi connectivity index (χ2v) is 8.49. The summed E-state index contributed by atoms with van der Waals surface area (Å²) < 4.78 is 302. The van der Waals surface area contributed by atoms with E-state index in [0.29, 0.717) is 12.1 Å². The molecule has 1 rings (SSSR count). The van der Waals surface area contributed by atoms with E-state index in [1.807, 2.05) is 0 Å². The Morgan fingerprint density at radius 2 is 0.619 bits per heavy atom. The molecule has 0 spiro atoms. The normalized spacial score (nSPS) is 16.1. The summed E-state index contributed by atoms with van der Waals surface area (Å²) >= 11 is 0. The van der Waals surface area contributed by atoms with Crippen LogP contribution in [0.4, 0.5) is 96.6 Å². The number of halogens is 22. The Morgan fingerprint density at radius 3 is 0.881 bits per heavy atom. The van der Waals surface area contributed by atoms with Crippen LogP contribution in [-0.4, -0.2) is 65.3 Å². The molecule has 0 bridgehead atoms. The minimum absolute atomic E-state index is 0.0971. The van der Waals surface area contributed by atoms with Crippen LogP contribution >= 0.6 is 0 Å². The maximum absolute atomic E-state index is 13.9. The van der Waals surface area contributed by atoms with Crippen molar-refractivity contribution in [3.63, 3.8) is 0 Å². The van der Waals surface area contributed by atoms with E-state index in [1.54, 1.807) is 0 Å². The van der Waals surface area contributed by atoms with Gasteiger partial charge in [0.1, 0.15) is 5.75 Å². The molecule has 1 aromatic carbocycles. The highest BCUT2D eigenvalue weighted by molar-refractivity contribution is 5.27. The molecule has 0 saturated heterocycles. The largest absolute Gasteiger partial charge is 0.471 e. The number of ether oxygens (including phenoxy) is 1. The molecule has 1 aromatic rings. The smallest absolute Gasteiger partial charge is 0.428 e.